The van der Waals surface area contributed by atoms with Gasteiger partial charge < -0.3 is 15.8 Å². The van der Waals surface area contributed by atoms with Gasteiger partial charge in [-0.2, -0.15) is 0 Å². The largest absolute Gasteiger partial charge is 0.383 e. The van der Waals surface area contributed by atoms with Gasteiger partial charge in [0, 0.05) is 18.2 Å². The molecule has 0 radical (unpaired) electrons. The van der Waals surface area contributed by atoms with Crippen molar-refractivity contribution in [2.45, 2.75) is 38.8 Å². The number of hydrogen-bond acceptors (Lipinski definition) is 5. The van der Waals surface area contributed by atoms with Crippen molar-refractivity contribution in [2.75, 3.05) is 17.7 Å². The summed E-state index contributed by atoms with van der Waals surface area (Å²) in [4.78, 5) is 8.13. The third-order valence-corrected chi connectivity index (χ3v) is 2.96. The molecule has 3 N–H and O–H groups in total. The Kier molecular flexibility index (Phi) is 3.24. The molecule has 0 spiro atoms. The van der Waals surface area contributed by atoms with E-state index in [1.54, 1.807) is 0 Å². The van der Waals surface area contributed by atoms with E-state index in [-0.39, 0.29) is 0 Å². The van der Waals surface area contributed by atoms with Crippen molar-refractivity contribution in [3.05, 3.63) is 11.9 Å². The maximum absolute atomic E-state index is 5.72. The van der Waals surface area contributed by atoms with Crippen LogP contribution in [0.4, 0.5) is 11.6 Å². The molecule has 0 aromatic carbocycles. The molecular formula is C11H18N4O. The van der Waals surface area contributed by atoms with E-state index in [0.717, 1.165) is 30.8 Å². The van der Waals surface area contributed by atoms with Gasteiger partial charge in [-0.15, -0.1) is 0 Å². The highest BCUT2D eigenvalue weighted by molar-refractivity contribution is 5.54. The lowest BCUT2D eigenvalue weighted by molar-refractivity contribution is 0.00291. The number of nitrogens with one attached hydrogen (secondary N) is 1. The number of aromatic nitrogens is 2. The maximum atomic E-state index is 5.72. The summed E-state index contributed by atoms with van der Waals surface area (Å²) < 4.78 is 5.50. The van der Waals surface area contributed by atoms with Gasteiger partial charge in [0.15, 0.2) is 0 Å². The van der Waals surface area contributed by atoms with Crippen molar-refractivity contribution >= 4 is 11.6 Å². The molecular weight excluding hydrogens is 204 g/mol. The van der Waals surface area contributed by atoms with Gasteiger partial charge in [-0.25, -0.2) is 9.97 Å². The first-order valence-electron chi connectivity index (χ1n) is 5.66. The van der Waals surface area contributed by atoms with Gasteiger partial charge in [0.25, 0.3) is 0 Å². The Morgan fingerprint density at radius 2 is 2.25 bits per heavy atom. The van der Waals surface area contributed by atoms with Crippen LogP contribution < -0.4 is 11.1 Å². The first-order chi connectivity index (χ1) is 7.70. The summed E-state index contributed by atoms with van der Waals surface area (Å²) in [5.74, 6) is 1.38. The molecule has 0 amide bonds. The summed E-state index contributed by atoms with van der Waals surface area (Å²) in [5, 5.41) is 3.36. The van der Waals surface area contributed by atoms with Crippen molar-refractivity contribution in [1.29, 1.82) is 0 Å². The summed E-state index contributed by atoms with van der Waals surface area (Å²) in [6, 6.07) is 0.449. The summed E-state index contributed by atoms with van der Waals surface area (Å²) in [5.41, 5.74) is 6.63. The maximum Gasteiger partial charge on any atom is 0.134 e. The molecule has 1 fully saturated rings. The number of nitrogens with zero attached hydrogens (tertiary/aromatic N) is 2. The summed E-state index contributed by atoms with van der Waals surface area (Å²) in [6.07, 6.45) is 3.97. The number of anilines is 2. The van der Waals surface area contributed by atoms with E-state index >= 15 is 0 Å². The Morgan fingerprint density at radius 3 is 2.94 bits per heavy atom. The smallest absolute Gasteiger partial charge is 0.134 e. The first kappa shape index (κ1) is 11.1. The fraction of sp³-hybridized carbons (Fsp3) is 0.636. The molecule has 1 aromatic rings. The number of nitrogen functional groups attached to an aromatic ring is 1. The molecule has 0 saturated heterocycles. The minimum Gasteiger partial charge on any atom is -0.383 e. The lowest BCUT2D eigenvalue weighted by atomic mass is 9.89. The van der Waals surface area contributed by atoms with E-state index < -0.39 is 0 Å². The average Bonchev–Trinajstić information content (AvgIpc) is 2.21. The number of rotatable bonds is 4. The second-order valence-electron chi connectivity index (χ2n) is 4.12. The standard InChI is InChI=1S/C11H18N4O/c1-3-16-9-4-8(5-9)15-11-7(2)10(12)13-6-14-11/h6,8-9H,3-5H2,1-2H3,(H3,12,13,14,15). The topological polar surface area (TPSA) is 73.1 Å². The Hall–Kier alpha value is -1.36. The molecule has 0 bridgehead atoms. The van der Waals surface area contributed by atoms with Crippen LogP contribution in [-0.4, -0.2) is 28.7 Å². The molecule has 1 aliphatic carbocycles. The van der Waals surface area contributed by atoms with Crippen molar-refractivity contribution in [3.8, 4) is 0 Å². The van der Waals surface area contributed by atoms with Crippen LogP contribution in [0.3, 0.4) is 0 Å². The highest BCUT2D eigenvalue weighted by atomic mass is 16.5. The number of nitrogens with two attached hydrogens (primary N) is 1. The normalized spacial score (nSPS) is 23.9. The van der Waals surface area contributed by atoms with Crippen LogP contribution in [0.15, 0.2) is 6.33 Å². The molecule has 1 heterocycles. The van der Waals surface area contributed by atoms with Gasteiger partial charge >= 0.3 is 0 Å². The number of hydrogen-bond donors (Lipinski definition) is 2. The van der Waals surface area contributed by atoms with Gasteiger partial charge in [-0.3, -0.25) is 0 Å². The first-order valence-corrected chi connectivity index (χ1v) is 5.66. The fourth-order valence-electron chi connectivity index (χ4n) is 1.86. The minimum atomic E-state index is 0.405. The van der Waals surface area contributed by atoms with Crippen LogP contribution in [0.5, 0.6) is 0 Å². The third-order valence-electron chi connectivity index (χ3n) is 2.96. The Morgan fingerprint density at radius 1 is 1.50 bits per heavy atom. The van der Waals surface area contributed by atoms with E-state index in [9.17, 15) is 0 Å². The second-order valence-corrected chi connectivity index (χ2v) is 4.12. The molecule has 5 nitrogen and oxygen atoms in total. The van der Waals surface area contributed by atoms with Crippen molar-refractivity contribution < 1.29 is 4.74 Å². The molecule has 1 aliphatic rings. The Balaban J connectivity index is 1.89. The van der Waals surface area contributed by atoms with Crippen LogP contribution in [0, 0.1) is 6.92 Å². The van der Waals surface area contributed by atoms with E-state index in [0.29, 0.717) is 18.0 Å². The zero-order valence-corrected chi connectivity index (χ0v) is 9.73. The Labute approximate surface area is 95.4 Å². The summed E-state index contributed by atoms with van der Waals surface area (Å²) in [6.45, 7) is 4.74. The van der Waals surface area contributed by atoms with Crippen LogP contribution >= 0.6 is 0 Å². The van der Waals surface area contributed by atoms with Crippen molar-refractivity contribution in [3.63, 3.8) is 0 Å². The molecule has 1 aromatic heterocycles. The SMILES string of the molecule is CCOC1CC(Nc2ncnc(N)c2C)C1. The zero-order chi connectivity index (χ0) is 11.5. The lowest BCUT2D eigenvalue weighted by Crippen LogP contribution is -2.41. The molecule has 5 heteroatoms. The van der Waals surface area contributed by atoms with E-state index in [1.807, 2.05) is 13.8 Å². The molecule has 0 atom stereocenters. The molecule has 2 rings (SSSR count). The minimum absolute atomic E-state index is 0.405. The molecule has 0 aliphatic heterocycles. The van der Waals surface area contributed by atoms with Crippen LogP contribution in [0.2, 0.25) is 0 Å². The van der Waals surface area contributed by atoms with Crippen molar-refractivity contribution in [1.82, 2.24) is 9.97 Å². The predicted molar refractivity (Wildman–Crippen MR) is 63.2 cm³/mol. The van der Waals surface area contributed by atoms with Gasteiger partial charge in [-0.05, 0) is 26.7 Å². The monoisotopic (exact) mass is 222 g/mol. The molecule has 1 saturated carbocycles. The van der Waals surface area contributed by atoms with E-state index in [2.05, 4.69) is 15.3 Å². The van der Waals surface area contributed by atoms with E-state index in [4.69, 9.17) is 10.5 Å². The molecule has 16 heavy (non-hydrogen) atoms. The molecule has 0 unspecified atom stereocenters. The van der Waals surface area contributed by atoms with Gasteiger partial charge in [0.1, 0.15) is 18.0 Å². The highest BCUT2D eigenvalue weighted by Gasteiger charge is 2.29. The van der Waals surface area contributed by atoms with Crippen molar-refractivity contribution in [2.24, 2.45) is 0 Å². The fourth-order valence-corrected chi connectivity index (χ4v) is 1.86. The average molecular weight is 222 g/mol. The van der Waals surface area contributed by atoms with E-state index in [1.165, 1.54) is 6.33 Å². The molecule has 88 valence electrons. The third kappa shape index (κ3) is 2.24. The summed E-state index contributed by atoms with van der Waals surface area (Å²) in [7, 11) is 0. The zero-order valence-electron chi connectivity index (χ0n) is 9.73. The van der Waals surface area contributed by atoms with Gasteiger partial charge in [0.05, 0.1) is 6.10 Å². The van der Waals surface area contributed by atoms with Crippen LogP contribution in [-0.2, 0) is 4.74 Å². The second kappa shape index (κ2) is 4.65. The summed E-state index contributed by atoms with van der Waals surface area (Å²) >= 11 is 0. The predicted octanol–water partition coefficient (Wildman–Crippen LogP) is 1.35. The van der Waals surface area contributed by atoms with Crippen LogP contribution in [0.1, 0.15) is 25.3 Å². The van der Waals surface area contributed by atoms with Crippen LogP contribution in [0.25, 0.3) is 0 Å². The Bertz CT molecular complexity index is 363. The highest BCUT2D eigenvalue weighted by Crippen LogP contribution is 2.27. The number of ether oxygens (including phenoxy) is 1. The van der Waals surface area contributed by atoms with Gasteiger partial charge in [-0.1, -0.05) is 0 Å². The quantitative estimate of drug-likeness (QED) is 0.804. The van der Waals surface area contributed by atoms with Gasteiger partial charge in [0.2, 0.25) is 0 Å². The lowest BCUT2D eigenvalue weighted by Gasteiger charge is -2.35.